The Morgan fingerprint density at radius 1 is 1.05 bits per heavy atom. The van der Waals surface area contributed by atoms with Crippen molar-refractivity contribution in [3.05, 3.63) is 70.1 Å². The van der Waals surface area contributed by atoms with Crippen LogP contribution in [0.4, 0.5) is 17.2 Å². The molecule has 4 aromatic rings. The van der Waals surface area contributed by atoms with Crippen molar-refractivity contribution in [3.8, 4) is 0 Å². The van der Waals surface area contributed by atoms with Gasteiger partial charge in [0.25, 0.3) is 11.8 Å². The van der Waals surface area contributed by atoms with Gasteiger partial charge in [0.05, 0.1) is 16.0 Å². The normalized spacial score (nSPS) is 14.1. The van der Waals surface area contributed by atoms with Gasteiger partial charge in [0.15, 0.2) is 0 Å². The van der Waals surface area contributed by atoms with Gasteiger partial charge in [-0.05, 0) is 61.1 Å². The number of carbonyl (C=O) groups is 2. The molecule has 2 amide bonds. The predicted octanol–water partition coefficient (Wildman–Crippen LogP) is 4.45. The summed E-state index contributed by atoms with van der Waals surface area (Å²) in [5, 5.41) is 13.0. The topological polar surface area (TPSA) is 96.6 Å². The Hall–Kier alpha value is -3.60. The van der Waals surface area contributed by atoms with E-state index in [1.54, 1.807) is 30.3 Å². The van der Waals surface area contributed by atoms with Gasteiger partial charge in [0.1, 0.15) is 10.6 Å². The number of rotatable bonds is 7. The Labute approximate surface area is 224 Å². The lowest BCUT2D eigenvalue weighted by Gasteiger charge is -2.35. The van der Waals surface area contributed by atoms with Crippen molar-refractivity contribution >= 4 is 62.2 Å². The number of carbonyl (C=O) groups excluding carboxylic acids is 2. The van der Waals surface area contributed by atoms with E-state index in [1.807, 2.05) is 36.4 Å². The van der Waals surface area contributed by atoms with E-state index in [1.165, 1.54) is 11.3 Å². The fourth-order valence-corrected chi connectivity index (χ4v) is 5.30. The Morgan fingerprint density at radius 2 is 1.76 bits per heavy atom. The number of amides is 2. The third-order valence-corrected chi connectivity index (χ3v) is 7.79. The van der Waals surface area contributed by atoms with E-state index in [4.69, 9.17) is 11.6 Å². The number of anilines is 3. The van der Waals surface area contributed by atoms with Crippen molar-refractivity contribution in [1.29, 1.82) is 0 Å². The molecule has 3 N–H and O–H groups in total. The van der Waals surface area contributed by atoms with Gasteiger partial charge in [-0.25, -0.2) is 0 Å². The number of H-pyrrole nitrogens is 1. The minimum absolute atomic E-state index is 0.243. The molecule has 1 aliphatic heterocycles. The van der Waals surface area contributed by atoms with Gasteiger partial charge in [-0.2, -0.15) is 5.10 Å². The smallest absolute Gasteiger partial charge is 0.279 e. The molecule has 2 aromatic carbocycles. The number of thiophene rings is 1. The molecule has 0 radical (unpaired) electrons. The fraction of sp³-hybridized carbons (Fsp3) is 0.269. The average molecular weight is 538 g/mol. The van der Waals surface area contributed by atoms with E-state index in [-0.39, 0.29) is 11.8 Å². The van der Waals surface area contributed by atoms with Crippen LogP contribution in [0.2, 0.25) is 5.02 Å². The number of nitrogens with zero attached hydrogens (tertiary/aromatic N) is 4. The summed E-state index contributed by atoms with van der Waals surface area (Å²) < 4.78 is 0. The lowest BCUT2D eigenvalue weighted by molar-refractivity contribution is 0.0954. The van der Waals surface area contributed by atoms with Crippen LogP contribution in [-0.2, 0) is 0 Å². The SMILES string of the molecule is CCN1CCN(c2ccc(C(=O)Nc3[nH]nc4sc(C(=O)NN(C)c5ccc(Cl)cc5)cc34)cc2)CC1. The van der Waals surface area contributed by atoms with E-state index in [0.29, 0.717) is 31.5 Å². The van der Waals surface area contributed by atoms with Crippen molar-refractivity contribution in [1.82, 2.24) is 20.5 Å². The maximum atomic E-state index is 12.9. The average Bonchev–Trinajstić information content (AvgIpc) is 3.51. The molecule has 0 unspecified atom stereocenters. The monoisotopic (exact) mass is 537 g/mol. The van der Waals surface area contributed by atoms with Crippen LogP contribution in [0.1, 0.15) is 27.0 Å². The van der Waals surface area contributed by atoms with Crippen LogP contribution in [0, 0.1) is 0 Å². The largest absolute Gasteiger partial charge is 0.369 e. The highest BCUT2D eigenvalue weighted by molar-refractivity contribution is 7.20. The third kappa shape index (κ3) is 5.56. The summed E-state index contributed by atoms with van der Waals surface area (Å²) in [6.07, 6.45) is 0. The predicted molar refractivity (Wildman–Crippen MR) is 150 cm³/mol. The maximum absolute atomic E-state index is 12.9. The van der Waals surface area contributed by atoms with Crippen LogP contribution in [-0.4, -0.2) is 66.7 Å². The Bertz CT molecular complexity index is 1390. The number of nitrogens with one attached hydrogen (secondary N) is 3. The Morgan fingerprint density at radius 3 is 2.43 bits per heavy atom. The van der Waals surface area contributed by atoms with E-state index in [2.05, 4.69) is 37.7 Å². The summed E-state index contributed by atoms with van der Waals surface area (Å²) in [4.78, 5) is 31.6. The number of piperazine rings is 1. The van der Waals surface area contributed by atoms with Crippen LogP contribution < -0.4 is 20.7 Å². The standard InChI is InChI=1S/C26H28ClN7O2S/c1-3-33-12-14-34(15-13-33)20-8-4-17(5-9-20)24(35)28-23-21-16-22(37-26(21)30-29-23)25(36)31-32(2)19-10-6-18(27)7-11-19/h4-11,16H,3,12-15H2,1-2H3,(H,31,36)(H2,28,29,30,35). The van der Waals surface area contributed by atoms with Gasteiger partial charge >= 0.3 is 0 Å². The molecule has 5 rings (SSSR count). The number of hydrogen-bond acceptors (Lipinski definition) is 7. The molecule has 11 heteroatoms. The molecule has 2 aromatic heterocycles. The highest BCUT2D eigenvalue weighted by Gasteiger charge is 2.19. The summed E-state index contributed by atoms with van der Waals surface area (Å²) >= 11 is 7.19. The lowest BCUT2D eigenvalue weighted by Crippen LogP contribution is -2.46. The number of hydrogen-bond donors (Lipinski definition) is 3. The zero-order valence-electron chi connectivity index (χ0n) is 20.6. The number of benzene rings is 2. The molecule has 192 valence electrons. The number of halogens is 1. The van der Waals surface area contributed by atoms with Crippen molar-refractivity contribution in [2.75, 3.05) is 55.0 Å². The van der Waals surface area contributed by atoms with E-state index < -0.39 is 0 Å². The first-order chi connectivity index (χ1) is 17.9. The molecule has 0 bridgehead atoms. The van der Waals surface area contributed by atoms with Crippen LogP contribution in [0.5, 0.6) is 0 Å². The Kier molecular flexibility index (Phi) is 7.31. The first kappa shape index (κ1) is 25.1. The summed E-state index contributed by atoms with van der Waals surface area (Å²) in [5.74, 6) is -0.0539. The molecule has 1 saturated heterocycles. The highest BCUT2D eigenvalue weighted by atomic mass is 35.5. The summed E-state index contributed by atoms with van der Waals surface area (Å²) in [5.41, 5.74) is 5.30. The summed E-state index contributed by atoms with van der Waals surface area (Å²) in [6, 6.07) is 16.5. The van der Waals surface area contributed by atoms with E-state index in [0.717, 1.165) is 44.1 Å². The minimum Gasteiger partial charge on any atom is -0.369 e. The number of fused-ring (bicyclic) bond motifs is 1. The third-order valence-electron chi connectivity index (χ3n) is 6.51. The maximum Gasteiger partial charge on any atom is 0.279 e. The van der Waals surface area contributed by atoms with Gasteiger partial charge in [0.2, 0.25) is 0 Å². The summed E-state index contributed by atoms with van der Waals surface area (Å²) in [6.45, 7) is 7.32. The zero-order valence-corrected chi connectivity index (χ0v) is 22.2. The number of aromatic nitrogens is 2. The van der Waals surface area contributed by atoms with E-state index in [9.17, 15) is 9.59 Å². The van der Waals surface area contributed by atoms with Crippen LogP contribution in [0.25, 0.3) is 10.2 Å². The molecule has 1 aliphatic rings. The quantitative estimate of drug-likeness (QED) is 0.301. The van der Waals surface area contributed by atoms with Gasteiger partial charge in [-0.1, -0.05) is 18.5 Å². The molecule has 3 heterocycles. The number of likely N-dealkylation sites (N-methyl/N-ethyl adjacent to an activating group) is 1. The van der Waals surface area contributed by atoms with Gasteiger partial charge in [-0.15, -0.1) is 11.3 Å². The van der Waals surface area contributed by atoms with Crippen molar-refractivity contribution in [2.24, 2.45) is 0 Å². The summed E-state index contributed by atoms with van der Waals surface area (Å²) in [7, 11) is 1.75. The number of hydrazine groups is 1. The molecule has 0 saturated carbocycles. The van der Waals surface area contributed by atoms with E-state index >= 15 is 0 Å². The minimum atomic E-state index is -0.270. The highest BCUT2D eigenvalue weighted by Crippen LogP contribution is 2.30. The zero-order chi connectivity index (χ0) is 25.9. The van der Waals surface area contributed by atoms with Gasteiger partial charge in [0, 0.05) is 49.5 Å². The first-order valence-corrected chi connectivity index (χ1v) is 13.3. The second-order valence-electron chi connectivity index (χ2n) is 8.83. The van der Waals surface area contributed by atoms with Crippen molar-refractivity contribution in [3.63, 3.8) is 0 Å². The molecule has 37 heavy (non-hydrogen) atoms. The molecule has 0 spiro atoms. The first-order valence-electron chi connectivity index (χ1n) is 12.1. The van der Waals surface area contributed by atoms with Crippen LogP contribution in [0.15, 0.2) is 54.6 Å². The number of aromatic amines is 1. The lowest BCUT2D eigenvalue weighted by atomic mass is 10.1. The Balaban J connectivity index is 1.23. The molecule has 0 atom stereocenters. The van der Waals surface area contributed by atoms with Gasteiger partial charge in [-0.3, -0.25) is 25.1 Å². The van der Waals surface area contributed by atoms with Gasteiger partial charge < -0.3 is 15.1 Å². The molecule has 1 fully saturated rings. The fourth-order valence-electron chi connectivity index (χ4n) is 4.29. The van der Waals surface area contributed by atoms with Crippen LogP contribution >= 0.6 is 22.9 Å². The van der Waals surface area contributed by atoms with Crippen molar-refractivity contribution in [2.45, 2.75) is 6.92 Å². The molecular weight excluding hydrogens is 510 g/mol. The van der Waals surface area contributed by atoms with Crippen LogP contribution in [0.3, 0.4) is 0 Å². The molecule has 9 nitrogen and oxygen atoms in total. The second-order valence-corrected chi connectivity index (χ2v) is 10.3. The molecule has 0 aliphatic carbocycles. The van der Waals surface area contributed by atoms with Crippen molar-refractivity contribution < 1.29 is 9.59 Å². The molecular formula is C26H28ClN7O2S. The second kappa shape index (κ2) is 10.8.